The lowest BCUT2D eigenvalue weighted by Crippen LogP contribution is -2.62. The van der Waals surface area contributed by atoms with Gasteiger partial charge in [0.15, 0.2) is 0 Å². The van der Waals surface area contributed by atoms with Gasteiger partial charge in [0.25, 0.3) is 0 Å². The standard InChI is InChI=1S/C40H64O5/c1-9-29-33-24-28(41)15-19-40(33,8)32-16-20-39(7)30(13-14-31(39)35(32)36(29)42)26(3)17-22-45-37(43)38(5,6)18-10-21-44-34-23-25(2)11-12-27(34)4/h11-12,23,26,28-33,35-36,41-42H,9-10,13-22,24H2,1-8H3/t26-,28-,29-,30-,31?,32?,33+,35?,36-,39-,40-/m1/s1. The molecule has 254 valence electrons. The predicted octanol–water partition coefficient (Wildman–Crippen LogP) is 8.68. The summed E-state index contributed by atoms with van der Waals surface area (Å²) in [6.45, 7) is 18.9. The molecular weight excluding hydrogens is 560 g/mol. The van der Waals surface area contributed by atoms with Gasteiger partial charge in [-0.1, -0.05) is 46.2 Å². The average molecular weight is 625 g/mol. The lowest BCUT2D eigenvalue weighted by Gasteiger charge is -2.64. The van der Waals surface area contributed by atoms with Gasteiger partial charge in [0.1, 0.15) is 5.75 Å². The number of aryl methyl sites for hydroxylation is 2. The summed E-state index contributed by atoms with van der Waals surface area (Å²) in [7, 11) is 0. The van der Waals surface area contributed by atoms with Gasteiger partial charge in [-0.2, -0.15) is 0 Å². The summed E-state index contributed by atoms with van der Waals surface area (Å²) in [5.74, 6) is 4.14. The van der Waals surface area contributed by atoms with Gasteiger partial charge in [-0.05, 0) is 161 Å². The highest BCUT2D eigenvalue weighted by atomic mass is 16.5. The molecule has 5 nitrogen and oxygen atoms in total. The number of benzene rings is 1. The molecule has 1 aromatic carbocycles. The summed E-state index contributed by atoms with van der Waals surface area (Å²) in [5, 5.41) is 22.6. The van der Waals surface area contributed by atoms with Gasteiger partial charge in [-0.3, -0.25) is 4.79 Å². The smallest absolute Gasteiger partial charge is 0.311 e. The Morgan fingerprint density at radius 1 is 1.00 bits per heavy atom. The minimum absolute atomic E-state index is 0.103. The second kappa shape index (κ2) is 13.5. The third kappa shape index (κ3) is 6.60. The molecule has 0 aromatic heterocycles. The molecule has 0 spiro atoms. The van der Waals surface area contributed by atoms with Gasteiger partial charge < -0.3 is 19.7 Å². The molecule has 4 aliphatic carbocycles. The Morgan fingerprint density at radius 2 is 1.71 bits per heavy atom. The van der Waals surface area contributed by atoms with Gasteiger partial charge in [0, 0.05) is 0 Å². The fraction of sp³-hybridized carbons (Fsp3) is 0.825. The molecule has 0 saturated heterocycles. The first kappa shape index (κ1) is 34.7. The van der Waals surface area contributed by atoms with Gasteiger partial charge in [0.05, 0.1) is 30.8 Å². The van der Waals surface area contributed by atoms with Crippen LogP contribution in [0.3, 0.4) is 0 Å². The summed E-state index contributed by atoms with van der Waals surface area (Å²) >= 11 is 0. The van der Waals surface area contributed by atoms with Crippen LogP contribution in [0.5, 0.6) is 5.75 Å². The highest BCUT2D eigenvalue weighted by molar-refractivity contribution is 5.75. The molecule has 4 fully saturated rings. The summed E-state index contributed by atoms with van der Waals surface area (Å²) < 4.78 is 12.0. The van der Waals surface area contributed by atoms with E-state index in [4.69, 9.17) is 9.47 Å². The lowest BCUT2D eigenvalue weighted by atomic mass is 9.41. The van der Waals surface area contributed by atoms with Crippen molar-refractivity contribution in [2.75, 3.05) is 13.2 Å². The van der Waals surface area contributed by atoms with E-state index in [9.17, 15) is 15.0 Å². The van der Waals surface area contributed by atoms with Gasteiger partial charge in [0.2, 0.25) is 0 Å². The van der Waals surface area contributed by atoms with Crippen LogP contribution in [0.2, 0.25) is 0 Å². The summed E-state index contributed by atoms with van der Waals surface area (Å²) in [6, 6.07) is 6.26. The molecule has 0 radical (unpaired) electrons. The van der Waals surface area contributed by atoms with Crippen molar-refractivity contribution in [3.05, 3.63) is 29.3 Å². The second-order valence-electron chi connectivity index (χ2n) is 17.1. The minimum Gasteiger partial charge on any atom is -0.493 e. The molecule has 4 saturated carbocycles. The van der Waals surface area contributed by atoms with Crippen molar-refractivity contribution in [1.82, 2.24) is 0 Å². The Balaban J connectivity index is 1.14. The molecule has 2 N–H and O–H groups in total. The zero-order valence-electron chi connectivity index (χ0n) is 29.7. The molecule has 0 amide bonds. The molecule has 4 aliphatic rings. The van der Waals surface area contributed by atoms with Crippen LogP contribution < -0.4 is 4.74 Å². The first-order valence-corrected chi connectivity index (χ1v) is 18.5. The Morgan fingerprint density at radius 3 is 2.44 bits per heavy atom. The van der Waals surface area contributed by atoms with E-state index in [0.29, 0.717) is 54.6 Å². The maximum Gasteiger partial charge on any atom is 0.311 e. The van der Waals surface area contributed by atoms with Crippen LogP contribution >= 0.6 is 0 Å². The first-order chi connectivity index (χ1) is 21.2. The van der Waals surface area contributed by atoms with E-state index in [2.05, 4.69) is 59.7 Å². The maximum atomic E-state index is 13.1. The normalized spacial score (nSPS) is 38.5. The highest BCUT2D eigenvalue weighted by Gasteiger charge is 2.64. The number of carbonyl (C=O) groups is 1. The van der Waals surface area contributed by atoms with E-state index >= 15 is 0 Å². The van der Waals surface area contributed by atoms with Crippen LogP contribution in [0.25, 0.3) is 0 Å². The fourth-order valence-corrected chi connectivity index (χ4v) is 11.3. The molecule has 11 atom stereocenters. The van der Waals surface area contributed by atoms with Crippen molar-refractivity contribution in [2.45, 2.75) is 138 Å². The number of esters is 1. The number of aliphatic hydroxyl groups is 2. The molecule has 5 rings (SSSR count). The van der Waals surface area contributed by atoms with E-state index in [1.54, 1.807) is 0 Å². The van der Waals surface area contributed by atoms with Crippen LogP contribution in [0.1, 0.15) is 123 Å². The minimum atomic E-state index is -0.535. The average Bonchev–Trinajstić information content (AvgIpc) is 3.35. The van der Waals surface area contributed by atoms with Gasteiger partial charge in [-0.25, -0.2) is 0 Å². The molecule has 5 heteroatoms. The van der Waals surface area contributed by atoms with Crippen molar-refractivity contribution in [3.63, 3.8) is 0 Å². The topological polar surface area (TPSA) is 76.0 Å². The van der Waals surface area contributed by atoms with Crippen molar-refractivity contribution in [3.8, 4) is 5.75 Å². The fourth-order valence-electron chi connectivity index (χ4n) is 11.3. The zero-order valence-corrected chi connectivity index (χ0v) is 29.7. The highest BCUT2D eigenvalue weighted by Crippen LogP contribution is 2.69. The van der Waals surface area contributed by atoms with E-state index in [1.165, 1.54) is 31.2 Å². The monoisotopic (exact) mass is 624 g/mol. The quantitative estimate of drug-likeness (QED) is 0.190. The number of carbonyl (C=O) groups excluding carboxylic acids is 1. The molecule has 45 heavy (non-hydrogen) atoms. The Kier molecular flexibility index (Phi) is 10.4. The van der Waals surface area contributed by atoms with E-state index in [0.717, 1.165) is 56.3 Å². The summed E-state index contributed by atoms with van der Waals surface area (Å²) in [4.78, 5) is 13.1. The van der Waals surface area contributed by atoms with Crippen molar-refractivity contribution in [2.24, 2.45) is 57.7 Å². The third-order valence-electron chi connectivity index (χ3n) is 14.1. The van der Waals surface area contributed by atoms with Crippen molar-refractivity contribution < 1.29 is 24.5 Å². The number of rotatable bonds is 11. The summed E-state index contributed by atoms with van der Waals surface area (Å²) in [6.07, 6.45) is 10.7. The van der Waals surface area contributed by atoms with Gasteiger partial charge >= 0.3 is 5.97 Å². The summed E-state index contributed by atoms with van der Waals surface area (Å²) in [5.41, 5.74) is 2.26. The van der Waals surface area contributed by atoms with Crippen molar-refractivity contribution in [1.29, 1.82) is 0 Å². The van der Waals surface area contributed by atoms with Crippen LogP contribution in [-0.4, -0.2) is 41.6 Å². The van der Waals surface area contributed by atoms with Crippen LogP contribution in [0.15, 0.2) is 18.2 Å². The van der Waals surface area contributed by atoms with Gasteiger partial charge in [-0.15, -0.1) is 0 Å². The van der Waals surface area contributed by atoms with Crippen LogP contribution in [0, 0.1) is 71.5 Å². The molecule has 0 heterocycles. The largest absolute Gasteiger partial charge is 0.493 e. The number of hydrogen-bond donors (Lipinski definition) is 2. The second-order valence-corrected chi connectivity index (χ2v) is 17.1. The molecular formula is C40H64O5. The number of fused-ring (bicyclic) bond motifs is 5. The third-order valence-corrected chi connectivity index (χ3v) is 14.1. The number of ether oxygens (including phenoxy) is 2. The van der Waals surface area contributed by atoms with Crippen LogP contribution in [-0.2, 0) is 9.53 Å². The van der Waals surface area contributed by atoms with E-state index in [1.807, 2.05) is 13.8 Å². The van der Waals surface area contributed by atoms with E-state index < -0.39 is 5.41 Å². The Hall–Kier alpha value is -1.59. The SMILES string of the molecule is CC[C@H]1[C@@H](O)C2C3CC[C@H]([C@H](C)CCOC(=O)C(C)(C)CCCOc4cc(C)ccc4C)[C@@]3(C)CCC2[C@@]2(C)CC[C@@H](O)C[C@@H]12. The maximum absolute atomic E-state index is 13.1. The molecule has 1 aromatic rings. The number of aliphatic hydroxyl groups excluding tert-OH is 2. The Bertz CT molecular complexity index is 1180. The number of hydrogen-bond acceptors (Lipinski definition) is 5. The molecule has 0 bridgehead atoms. The predicted molar refractivity (Wildman–Crippen MR) is 181 cm³/mol. The van der Waals surface area contributed by atoms with Crippen molar-refractivity contribution >= 4 is 5.97 Å². The van der Waals surface area contributed by atoms with Crippen LogP contribution in [0.4, 0.5) is 0 Å². The zero-order chi connectivity index (χ0) is 32.7. The van der Waals surface area contributed by atoms with E-state index in [-0.39, 0.29) is 29.0 Å². The molecule has 3 unspecified atom stereocenters. The lowest BCUT2D eigenvalue weighted by molar-refractivity contribution is -0.203. The molecule has 0 aliphatic heterocycles. The Labute approximate surface area is 274 Å². The first-order valence-electron chi connectivity index (χ1n) is 18.5.